The SMILES string of the molecule is COc1ccccc1CN/N=C\c1ccc(-c2cccc(C(F)(F)F)c2)o1. The minimum Gasteiger partial charge on any atom is -0.496 e. The number of alkyl halides is 3. The molecule has 0 saturated heterocycles. The van der Waals surface area contributed by atoms with Crippen molar-refractivity contribution < 1.29 is 22.3 Å². The Morgan fingerprint density at radius 1 is 1.07 bits per heavy atom. The number of ether oxygens (including phenoxy) is 1. The number of rotatable bonds is 6. The highest BCUT2D eigenvalue weighted by atomic mass is 19.4. The van der Waals surface area contributed by atoms with Crippen molar-refractivity contribution >= 4 is 6.21 Å². The standard InChI is InChI=1S/C20H17F3N2O2/c1-26-18-8-3-2-5-15(18)12-24-25-13-17-9-10-19(27-17)14-6-4-7-16(11-14)20(21,22)23/h2-11,13,24H,12H2,1H3/b25-13-. The molecule has 0 radical (unpaired) electrons. The average molecular weight is 374 g/mol. The van der Waals surface area contributed by atoms with Crippen LogP contribution in [-0.4, -0.2) is 13.3 Å². The van der Waals surface area contributed by atoms with Gasteiger partial charge in [-0.05, 0) is 30.3 Å². The molecule has 7 heteroatoms. The van der Waals surface area contributed by atoms with E-state index in [1.165, 1.54) is 12.3 Å². The Bertz CT molecular complexity index is 933. The van der Waals surface area contributed by atoms with E-state index in [0.717, 1.165) is 23.4 Å². The number of hydrogen-bond acceptors (Lipinski definition) is 4. The highest BCUT2D eigenvalue weighted by Gasteiger charge is 2.30. The van der Waals surface area contributed by atoms with Crippen molar-refractivity contribution in [3.63, 3.8) is 0 Å². The molecule has 1 heterocycles. The number of nitrogens with zero attached hydrogens (tertiary/aromatic N) is 1. The van der Waals surface area contributed by atoms with Crippen LogP contribution in [0.25, 0.3) is 11.3 Å². The molecule has 140 valence electrons. The van der Waals surface area contributed by atoms with Crippen molar-refractivity contribution in [3.8, 4) is 17.1 Å². The molecule has 3 aromatic rings. The van der Waals surface area contributed by atoms with Crippen molar-refractivity contribution in [1.29, 1.82) is 0 Å². The van der Waals surface area contributed by atoms with Crippen LogP contribution < -0.4 is 10.2 Å². The first-order valence-electron chi connectivity index (χ1n) is 8.12. The number of nitrogens with one attached hydrogen (secondary N) is 1. The summed E-state index contributed by atoms with van der Waals surface area (Å²) in [5, 5.41) is 4.07. The molecule has 1 N–H and O–H groups in total. The predicted molar refractivity (Wildman–Crippen MR) is 96.6 cm³/mol. The van der Waals surface area contributed by atoms with Gasteiger partial charge in [0.25, 0.3) is 0 Å². The molecule has 2 aromatic carbocycles. The van der Waals surface area contributed by atoms with E-state index in [2.05, 4.69) is 10.5 Å². The fourth-order valence-electron chi connectivity index (χ4n) is 2.52. The van der Waals surface area contributed by atoms with Crippen LogP contribution in [0.2, 0.25) is 0 Å². The number of para-hydroxylation sites is 1. The maximum Gasteiger partial charge on any atom is 0.416 e. The fraction of sp³-hybridized carbons (Fsp3) is 0.150. The molecule has 4 nitrogen and oxygen atoms in total. The molecule has 0 aliphatic rings. The third-order valence-corrected chi connectivity index (χ3v) is 3.85. The molecule has 0 saturated carbocycles. The zero-order valence-corrected chi connectivity index (χ0v) is 14.5. The minimum atomic E-state index is -4.39. The maximum absolute atomic E-state index is 12.8. The Balaban J connectivity index is 1.65. The number of hydrogen-bond donors (Lipinski definition) is 1. The number of benzene rings is 2. The van der Waals surface area contributed by atoms with E-state index in [-0.39, 0.29) is 0 Å². The van der Waals surface area contributed by atoms with Crippen molar-refractivity contribution in [2.75, 3.05) is 7.11 Å². The molecule has 0 aliphatic carbocycles. The minimum absolute atomic E-state index is 0.340. The summed E-state index contributed by atoms with van der Waals surface area (Å²) in [5.41, 5.74) is 3.46. The number of furan rings is 1. The van der Waals surface area contributed by atoms with Crippen molar-refractivity contribution in [1.82, 2.24) is 5.43 Å². The molecular formula is C20H17F3N2O2. The van der Waals surface area contributed by atoms with Crippen LogP contribution in [0.15, 0.2) is 70.2 Å². The first kappa shape index (κ1) is 18.6. The molecule has 0 aliphatic heterocycles. The third kappa shape index (κ3) is 4.69. The van der Waals surface area contributed by atoms with Crippen LogP contribution in [0.3, 0.4) is 0 Å². The van der Waals surface area contributed by atoms with Crippen molar-refractivity contribution in [3.05, 3.63) is 77.6 Å². The van der Waals surface area contributed by atoms with E-state index >= 15 is 0 Å². The Hall–Kier alpha value is -3.22. The van der Waals surface area contributed by atoms with Crippen molar-refractivity contribution in [2.45, 2.75) is 12.7 Å². The van der Waals surface area contributed by atoms with Gasteiger partial charge in [0.15, 0.2) is 0 Å². The lowest BCUT2D eigenvalue weighted by Crippen LogP contribution is -2.06. The molecular weight excluding hydrogens is 357 g/mol. The molecule has 0 bridgehead atoms. The summed E-state index contributed by atoms with van der Waals surface area (Å²) in [4.78, 5) is 0. The lowest BCUT2D eigenvalue weighted by molar-refractivity contribution is -0.137. The second kappa shape index (κ2) is 7.99. The van der Waals surface area contributed by atoms with Gasteiger partial charge in [-0.25, -0.2) is 0 Å². The van der Waals surface area contributed by atoms with E-state index in [0.29, 0.717) is 23.6 Å². The first-order chi connectivity index (χ1) is 13.0. The summed E-state index contributed by atoms with van der Waals surface area (Å²) in [6, 6.07) is 15.8. The molecule has 0 spiro atoms. The van der Waals surface area contributed by atoms with Crippen LogP contribution in [0.5, 0.6) is 5.75 Å². The summed E-state index contributed by atoms with van der Waals surface area (Å²) in [5.74, 6) is 1.52. The predicted octanol–water partition coefficient (Wildman–Crippen LogP) is 5.10. The lowest BCUT2D eigenvalue weighted by Gasteiger charge is -2.07. The quantitative estimate of drug-likeness (QED) is 0.482. The summed E-state index contributed by atoms with van der Waals surface area (Å²) in [6.07, 6.45) is -2.93. The number of halogens is 3. The lowest BCUT2D eigenvalue weighted by atomic mass is 10.1. The van der Waals surface area contributed by atoms with Crippen molar-refractivity contribution in [2.24, 2.45) is 5.10 Å². The van der Waals surface area contributed by atoms with Gasteiger partial charge in [0.1, 0.15) is 17.3 Å². The van der Waals surface area contributed by atoms with Gasteiger partial charge in [0, 0.05) is 11.1 Å². The van der Waals surface area contributed by atoms with Crippen LogP contribution >= 0.6 is 0 Å². The summed E-state index contributed by atoms with van der Waals surface area (Å²) in [7, 11) is 1.60. The Kier molecular flexibility index (Phi) is 5.49. The normalized spacial score (nSPS) is 11.7. The zero-order valence-electron chi connectivity index (χ0n) is 14.5. The van der Waals surface area contributed by atoms with E-state index < -0.39 is 11.7 Å². The molecule has 0 fully saturated rings. The molecule has 3 rings (SSSR count). The maximum atomic E-state index is 12.8. The smallest absolute Gasteiger partial charge is 0.416 e. The second-order valence-electron chi connectivity index (χ2n) is 5.69. The topological polar surface area (TPSA) is 46.8 Å². The number of hydrazone groups is 1. The van der Waals surface area contributed by atoms with Gasteiger partial charge < -0.3 is 14.6 Å². The third-order valence-electron chi connectivity index (χ3n) is 3.85. The first-order valence-corrected chi connectivity index (χ1v) is 8.12. The molecule has 0 amide bonds. The van der Waals surface area contributed by atoms with Gasteiger partial charge in [-0.3, -0.25) is 0 Å². The summed E-state index contributed by atoms with van der Waals surface area (Å²) in [6.45, 7) is 0.460. The fourth-order valence-corrected chi connectivity index (χ4v) is 2.52. The zero-order chi connectivity index (χ0) is 19.3. The van der Waals surface area contributed by atoms with Gasteiger partial charge in [0.05, 0.1) is 25.4 Å². The summed E-state index contributed by atoms with van der Waals surface area (Å²) >= 11 is 0. The molecule has 0 atom stereocenters. The Labute approximate surface area is 154 Å². The summed E-state index contributed by atoms with van der Waals surface area (Å²) < 4.78 is 49.3. The van der Waals surface area contributed by atoms with E-state index in [1.807, 2.05) is 24.3 Å². The molecule has 0 unspecified atom stereocenters. The highest BCUT2D eigenvalue weighted by molar-refractivity contribution is 5.77. The van der Waals surface area contributed by atoms with Crippen LogP contribution in [0.1, 0.15) is 16.9 Å². The van der Waals surface area contributed by atoms with E-state index in [4.69, 9.17) is 9.15 Å². The average Bonchev–Trinajstić information content (AvgIpc) is 3.14. The van der Waals surface area contributed by atoms with Crippen LogP contribution in [0.4, 0.5) is 13.2 Å². The highest BCUT2D eigenvalue weighted by Crippen LogP contribution is 2.32. The van der Waals surface area contributed by atoms with Crippen LogP contribution in [0, 0.1) is 0 Å². The van der Waals surface area contributed by atoms with E-state index in [9.17, 15) is 13.2 Å². The second-order valence-corrected chi connectivity index (χ2v) is 5.69. The molecule has 27 heavy (non-hydrogen) atoms. The molecule has 1 aromatic heterocycles. The largest absolute Gasteiger partial charge is 0.496 e. The van der Waals surface area contributed by atoms with Gasteiger partial charge in [-0.15, -0.1) is 0 Å². The monoisotopic (exact) mass is 374 g/mol. The van der Waals surface area contributed by atoms with Gasteiger partial charge in [0.2, 0.25) is 0 Å². The van der Waals surface area contributed by atoms with E-state index in [1.54, 1.807) is 25.3 Å². The number of methoxy groups -OCH3 is 1. The Morgan fingerprint density at radius 2 is 1.89 bits per heavy atom. The van der Waals surface area contributed by atoms with Gasteiger partial charge in [-0.2, -0.15) is 18.3 Å². The van der Waals surface area contributed by atoms with Crippen LogP contribution in [-0.2, 0) is 12.7 Å². The van der Waals surface area contributed by atoms with Gasteiger partial charge >= 0.3 is 6.18 Å². The van der Waals surface area contributed by atoms with Gasteiger partial charge in [-0.1, -0.05) is 30.3 Å². The Morgan fingerprint density at radius 3 is 2.67 bits per heavy atom.